The molecule has 0 spiro atoms. The quantitative estimate of drug-likeness (QED) is 0.662. The molecule has 1 saturated carbocycles. The van der Waals surface area contributed by atoms with E-state index in [1.807, 2.05) is 0 Å². The second-order valence-corrected chi connectivity index (χ2v) is 5.59. The van der Waals surface area contributed by atoms with Crippen LogP contribution in [0.5, 0.6) is 0 Å². The van der Waals surface area contributed by atoms with Crippen molar-refractivity contribution in [1.29, 1.82) is 0 Å². The predicted molar refractivity (Wildman–Crippen MR) is 74.6 cm³/mol. The molecular formula is C15H26N2O. The Morgan fingerprint density at radius 2 is 2.00 bits per heavy atom. The average Bonchev–Trinajstić information content (AvgIpc) is 3.05. The standard InChI is InChI=1S/C15H26N2O/c1-12(2)17-11-15-9-8-14(18-15)5-3-4-10-16-13-6-7-13/h8-9,12-13,16-17H,3-7,10-11H2,1-2H3. The van der Waals surface area contributed by atoms with Gasteiger partial charge in [0.2, 0.25) is 0 Å². The molecule has 3 nitrogen and oxygen atoms in total. The minimum atomic E-state index is 0.507. The third kappa shape index (κ3) is 5.23. The van der Waals surface area contributed by atoms with Crippen molar-refractivity contribution in [2.24, 2.45) is 0 Å². The molecule has 1 fully saturated rings. The monoisotopic (exact) mass is 250 g/mol. The van der Waals surface area contributed by atoms with Crippen LogP contribution in [0.4, 0.5) is 0 Å². The van der Waals surface area contributed by atoms with Crippen LogP contribution in [0.25, 0.3) is 0 Å². The molecule has 0 saturated heterocycles. The molecule has 2 rings (SSSR count). The Morgan fingerprint density at radius 3 is 2.72 bits per heavy atom. The zero-order valence-electron chi connectivity index (χ0n) is 11.7. The van der Waals surface area contributed by atoms with Crippen molar-refractivity contribution in [3.05, 3.63) is 23.7 Å². The molecule has 3 heteroatoms. The molecular weight excluding hydrogens is 224 g/mol. The first-order valence-electron chi connectivity index (χ1n) is 7.28. The number of aryl methyl sites for hydroxylation is 1. The summed E-state index contributed by atoms with van der Waals surface area (Å²) in [6.07, 6.45) is 6.28. The maximum Gasteiger partial charge on any atom is 0.117 e. The minimum absolute atomic E-state index is 0.507. The average molecular weight is 250 g/mol. The Labute approximate surface area is 110 Å². The van der Waals surface area contributed by atoms with Gasteiger partial charge in [0.1, 0.15) is 11.5 Å². The van der Waals surface area contributed by atoms with Gasteiger partial charge in [0, 0.05) is 18.5 Å². The van der Waals surface area contributed by atoms with Crippen molar-refractivity contribution >= 4 is 0 Å². The summed E-state index contributed by atoms with van der Waals surface area (Å²) in [5.41, 5.74) is 0. The Morgan fingerprint density at radius 1 is 1.22 bits per heavy atom. The van der Waals surface area contributed by atoms with Gasteiger partial charge in [0.05, 0.1) is 6.54 Å². The first-order valence-corrected chi connectivity index (χ1v) is 7.28. The van der Waals surface area contributed by atoms with Crippen LogP contribution in [-0.2, 0) is 13.0 Å². The highest BCUT2D eigenvalue weighted by atomic mass is 16.3. The molecule has 2 N–H and O–H groups in total. The van der Waals surface area contributed by atoms with Gasteiger partial charge in [-0.05, 0) is 44.4 Å². The van der Waals surface area contributed by atoms with Gasteiger partial charge in [-0.1, -0.05) is 13.8 Å². The highest BCUT2D eigenvalue weighted by molar-refractivity contribution is 5.07. The smallest absolute Gasteiger partial charge is 0.117 e. The van der Waals surface area contributed by atoms with Crippen molar-refractivity contribution in [2.75, 3.05) is 6.54 Å². The Bertz CT molecular complexity index is 342. The molecule has 0 aliphatic heterocycles. The van der Waals surface area contributed by atoms with Gasteiger partial charge in [-0.15, -0.1) is 0 Å². The number of furan rings is 1. The van der Waals surface area contributed by atoms with Crippen molar-refractivity contribution in [3.8, 4) is 0 Å². The van der Waals surface area contributed by atoms with Crippen molar-refractivity contribution in [1.82, 2.24) is 10.6 Å². The molecule has 1 aliphatic carbocycles. The summed E-state index contributed by atoms with van der Waals surface area (Å²) in [6.45, 7) is 6.29. The first kappa shape index (κ1) is 13.6. The van der Waals surface area contributed by atoms with Gasteiger partial charge >= 0.3 is 0 Å². The number of hydrogen-bond donors (Lipinski definition) is 2. The van der Waals surface area contributed by atoms with Gasteiger partial charge in [0.25, 0.3) is 0 Å². The number of unbranched alkanes of at least 4 members (excludes halogenated alkanes) is 1. The molecule has 0 unspecified atom stereocenters. The number of hydrogen-bond acceptors (Lipinski definition) is 3. The van der Waals surface area contributed by atoms with Crippen LogP contribution in [0.3, 0.4) is 0 Å². The third-order valence-electron chi connectivity index (χ3n) is 3.26. The van der Waals surface area contributed by atoms with E-state index in [1.54, 1.807) is 0 Å². The highest BCUT2D eigenvalue weighted by Crippen LogP contribution is 2.18. The molecule has 0 amide bonds. The molecule has 0 atom stereocenters. The lowest BCUT2D eigenvalue weighted by atomic mass is 10.2. The second-order valence-electron chi connectivity index (χ2n) is 5.59. The normalized spacial score (nSPS) is 15.5. The largest absolute Gasteiger partial charge is 0.465 e. The van der Waals surface area contributed by atoms with Crippen molar-refractivity contribution in [2.45, 2.75) is 64.6 Å². The zero-order valence-corrected chi connectivity index (χ0v) is 11.7. The van der Waals surface area contributed by atoms with Crippen LogP contribution in [0.15, 0.2) is 16.5 Å². The van der Waals surface area contributed by atoms with Crippen molar-refractivity contribution < 1.29 is 4.42 Å². The summed E-state index contributed by atoms with van der Waals surface area (Å²) >= 11 is 0. The topological polar surface area (TPSA) is 37.2 Å². The minimum Gasteiger partial charge on any atom is -0.465 e. The van der Waals surface area contributed by atoms with Gasteiger partial charge in [-0.3, -0.25) is 0 Å². The zero-order chi connectivity index (χ0) is 12.8. The van der Waals surface area contributed by atoms with E-state index in [0.717, 1.165) is 37.1 Å². The molecule has 0 aromatic carbocycles. The van der Waals surface area contributed by atoms with E-state index in [9.17, 15) is 0 Å². The van der Waals surface area contributed by atoms with E-state index >= 15 is 0 Å². The molecule has 18 heavy (non-hydrogen) atoms. The van der Waals surface area contributed by atoms with Crippen LogP contribution >= 0.6 is 0 Å². The van der Waals surface area contributed by atoms with Crippen LogP contribution in [0, 0.1) is 0 Å². The Hall–Kier alpha value is -0.800. The van der Waals surface area contributed by atoms with E-state index in [1.165, 1.54) is 25.7 Å². The fourth-order valence-electron chi connectivity index (χ4n) is 1.97. The van der Waals surface area contributed by atoms with E-state index in [2.05, 4.69) is 36.6 Å². The lowest BCUT2D eigenvalue weighted by molar-refractivity contribution is 0.429. The maximum atomic E-state index is 5.79. The van der Waals surface area contributed by atoms with E-state index in [-0.39, 0.29) is 0 Å². The highest BCUT2D eigenvalue weighted by Gasteiger charge is 2.19. The van der Waals surface area contributed by atoms with Crippen LogP contribution in [0.1, 0.15) is 51.1 Å². The van der Waals surface area contributed by atoms with Crippen LogP contribution in [0.2, 0.25) is 0 Å². The number of rotatable bonds is 9. The molecule has 0 bridgehead atoms. The maximum absolute atomic E-state index is 5.79. The second kappa shape index (κ2) is 6.95. The number of nitrogens with one attached hydrogen (secondary N) is 2. The summed E-state index contributed by atoms with van der Waals surface area (Å²) in [6, 6.07) is 5.55. The van der Waals surface area contributed by atoms with Crippen molar-refractivity contribution in [3.63, 3.8) is 0 Å². The third-order valence-corrected chi connectivity index (χ3v) is 3.26. The molecule has 0 radical (unpaired) electrons. The van der Waals surface area contributed by atoms with Gasteiger partial charge in [-0.2, -0.15) is 0 Å². The molecule has 1 aromatic heterocycles. The van der Waals surface area contributed by atoms with Gasteiger partial charge < -0.3 is 15.1 Å². The Kier molecular flexibility index (Phi) is 5.26. The lowest BCUT2D eigenvalue weighted by Gasteiger charge is -2.05. The molecule has 1 heterocycles. The predicted octanol–water partition coefficient (Wildman–Crippen LogP) is 2.85. The van der Waals surface area contributed by atoms with E-state index in [4.69, 9.17) is 4.42 Å². The summed E-state index contributed by atoms with van der Waals surface area (Å²) in [5, 5.41) is 6.91. The molecule has 1 aromatic rings. The fourth-order valence-corrected chi connectivity index (χ4v) is 1.97. The van der Waals surface area contributed by atoms with Gasteiger partial charge in [0.15, 0.2) is 0 Å². The fraction of sp³-hybridized carbons (Fsp3) is 0.733. The Balaban J connectivity index is 1.57. The van der Waals surface area contributed by atoms with Crippen LogP contribution in [-0.4, -0.2) is 18.6 Å². The SMILES string of the molecule is CC(C)NCc1ccc(CCCCNC2CC2)o1. The lowest BCUT2D eigenvalue weighted by Crippen LogP contribution is -2.21. The summed E-state index contributed by atoms with van der Waals surface area (Å²) in [5.74, 6) is 2.18. The van der Waals surface area contributed by atoms with E-state index < -0.39 is 0 Å². The summed E-state index contributed by atoms with van der Waals surface area (Å²) in [7, 11) is 0. The molecule has 1 aliphatic rings. The summed E-state index contributed by atoms with van der Waals surface area (Å²) < 4.78 is 5.79. The van der Waals surface area contributed by atoms with Gasteiger partial charge in [-0.25, -0.2) is 0 Å². The van der Waals surface area contributed by atoms with E-state index in [0.29, 0.717) is 6.04 Å². The van der Waals surface area contributed by atoms with Crippen LogP contribution < -0.4 is 10.6 Å². The summed E-state index contributed by atoms with van der Waals surface area (Å²) in [4.78, 5) is 0. The molecule has 102 valence electrons. The first-order chi connectivity index (χ1) is 8.74.